The van der Waals surface area contributed by atoms with Crippen molar-refractivity contribution in [3.05, 3.63) is 24.4 Å². The van der Waals surface area contributed by atoms with Crippen molar-refractivity contribution in [3.63, 3.8) is 0 Å². The lowest BCUT2D eigenvalue weighted by Gasteiger charge is -2.26. The van der Waals surface area contributed by atoms with Crippen LogP contribution in [0.15, 0.2) is 24.4 Å². The molecule has 0 spiro atoms. The van der Waals surface area contributed by atoms with E-state index in [2.05, 4.69) is 25.7 Å². The van der Waals surface area contributed by atoms with Crippen molar-refractivity contribution in [1.82, 2.24) is 20.4 Å². The van der Waals surface area contributed by atoms with Crippen LogP contribution in [0, 0.1) is 0 Å². The Morgan fingerprint density at radius 2 is 2.21 bits per heavy atom. The van der Waals surface area contributed by atoms with E-state index < -0.39 is 0 Å². The average molecular weight is 259 g/mol. The van der Waals surface area contributed by atoms with Gasteiger partial charge in [0.2, 0.25) is 5.91 Å². The van der Waals surface area contributed by atoms with Gasteiger partial charge in [0.15, 0.2) is 0 Å². The van der Waals surface area contributed by atoms with E-state index in [9.17, 15) is 4.79 Å². The third-order valence-corrected chi connectivity index (χ3v) is 3.30. The van der Waals surface area contributed by atoms with Gasteiger partial charge >= 0.3 is 0 Å². The lowest BCUT2D eigenvalue weighted by atomic mass is 10.2. The van der Waals surface area contributed by atoms with E-state index in [-0.39, 0.29) is 5.91 Å². The van der Waals surface area contributed by atoms with Gasteiger partial charge in [-0.15, -0.1) is 0 Å². The van der Waals surface area contributed by atoms with Crippen LogP contribution in [0.25, 0.3) is 10.9 Å². The molecule has 6 heteroatoms. The second-order valence-corrected chi connectivity index (χ2v) is 4.75. The van der Waals surface area contributed by atoms with E-state index in [4.69, 9.17) is 0 Å². The van der Waals surface area contributed by atoms with Gasteiger partial charge in [0.25, 0.3) is 0 Å². The molecular weight excluding hydrogens is 242 g/mol. The molecular formula is C13H17N5O. The third kappa shape index (κ3) is 2.91. The minimum Gasteiger partial charge on any atom is -0.325 e. The molecule has 1 aliphatic rings. The van der Waals surface area contributed by atoms with Crippen LogP contribution in [0.4, 0.5) is 5.69 Å². The van der Waals surface area contributed by atoms with Gasteiger partial charge in [-0.2, -0.15) is 5.10 Å². The Hall–Kier alpha value is -1.92. The first kappa shape index (κ1) is 12.1. The van der Waals surface area contributed by atoms with E-state index >= 15 is 0 Å². The Kier molecular flexibility index (Phi) is 3.43. The second-order valence-electron chi connectivity index (χ2n) is 4.75. The quantitative estimate of drug-likeness (QED) is 0.746. The Morgan fingerprint density at radius 1 is 1.37 bits per heavy atom. The number of aromatic amines is 1. The molecule has 100 valence electrons. The minimum absolute atomic E-state index is 0.0322. The van der Waals surface area contributed by atoms with Crippen molar-refractivity contribution < 1.29 is 4.79 Å². The maximum atomic E-state index is 12.0. The van der Waals surface area contributed by atoms with Crippen LogP contribution in [0.1, 0.15) is 0 Å². The molecule has 1 saturated heterocycles. The first-order valence-corrected chi connectivity index (χ1v) is 6.47. The van der Waals surface area contributed by atoms with E-state index in [1.54, 1.807) is 6.20 Å². The van der Waals surface area contributed by atoms with Crippen LogP contribution in [-0.4, -0.2) is 53.7 Å². The monoisotopic (exact) mass is 259 g/mol. The van der Waals surface area contributed by atoms with Crippen molar-refractivity contribution in [2.75, 3.05) is 38.0 Å². The molecule has 0 unspecified atom stereocenters. The number of aromatic nitrogens is 2. The van der Waals surface area contributed by atoms with Crippen molar-refractivity contribution in [1.29, 1.82) is 0 Å². The van der Waals surface area contributed by atoms with Gasteiger partial charge in [0.1, 0.15) is 0 Å². The lowest BCUT2D eigenvalue weighted by Crippen LogP contribution is -2.46. The molecule has 1 aromatic heterocycles. The molecule has 2 heterocycles. The van der Waals surface area contributed by atoms with Gasteiger partial charge in [-0.1, -0.05) is 0 Å². The summed E-state index contributed by atoms with van der Waals surface area (Å²) in [5, 5.41) is 14.0. The maximum Gasteiger partial charge on any atom is 0.238 e. The fourth-order valence-corrected chi connectivity index (χ4v) is 2.29. The Morgan fingerprint density at radius 3 is 3.05 bits per heavy atom. The molecule has 3 rings (SSSR count). The molecule has 3 N–H and O–H groups in total. The maximum absolute atomic E-state index is 12.0. The molecule has 0 saturated carbocycles. The number of carbonyl (C=O) groups is 1. The molecule has 0 atom stereocenters. The molecule has 19 heavy (non-hydrogen) atoms. The number of piperazine rings is 1. The number of hydrogen-bond donors (Lipinski definition) is 3. The fourth-order valence-electron chi connectivity index (χ4n) is 2.29. The first-order valence-electron chi connectivity index (χ1n) is 6.47. The molecule has 1 fully saturated rings. The smallest absolute Gasteiger partial charge is 0.238 e. The summed E-state index contributed by atoms with van der Waals surface area (Å²) in [5.41, 5.74) is 1.79. The largest absolute Gasteiger partial charge is 0.325 e. The van der Waals surface area contributed by atoms with Gasteiger partial charge in [0.05, 0.1) is 18.3 Å². The second kappa shape index (κ2) is 5.38. The van der Waals surface area contributed by atoms with Gasteiger partial charge in [-0.05, 0) is 18.2 Å². The van der Waals surface area contributed by atoms with Crippen LogP contribution < -0.4 is 10.6 Å². The highest BCUT2D eigenvalue weighted by Crippen LogP contribution is 2.16. The lowest BCUT2D eigenvalue weighted by molar-refractivity contribution is -0.117. The van der Waals surface area contributed by atoms with Crippen molar-refractivity contribution >= 4 is 22.5 Å². The third-order valence-electron chi connectivity index (χ3n) is 3.30. The molecule has 0 radical (unpaired) electrons. The van der Waals surface area contributed by atoms with Crippen LogP contribution in [0.3, 0.4) is 0 Å². The number of H-pyrrole nitrogens is 1. The van der Waals surface area contributed by atoms with Crippen LogP contribution in [0.2, 0.25) is 0 Å². The summed E-state index contributed by atoms with van der Waals surface area (Å²) >= 11 is 0. The Balaban J connectivity index is 1.61. The Labute approximate surface area is 111 Å². The summed E-state index contributed by atoms with van der Waals surface area (Å²) in [4.78, 5) is 14.1. The number of rotatable bonds is 3. The van der Waals surface area contributed by atoms with Crippen LogP contribution in [-0.2, 0) is 4.79 Å². The summed E-state index contributed by atoms with van der Waals surface area (Å²) in [5.74, 6) is 0.0322. The van der Waals surface area contributed by atoms with E-state index in [1.807, 2.05) is 18.2 Å². The summed E-state index contributed by atoms with van der Waals surface area (Å²) in [7, 11) is 0. The highest BCUT2D eigenvalue weighted by molar-refractivity contribution is 5.94. The van der Waals surface area contributed by atoms with Gasteiger partial charge in [0, 0.05) is 37.3 Å². The molecule has 0 aliphatic carbocycles. The first-order chi connectivity index (χ1) is 9.31. The Bertz CT molecular complexity index is 573. The molecule has 1 aromatic carbocycles. The summed E-state index contributed by atoms with van der Waals surface area (Å²) in [6, 6.07) is 5.73. The number of amides is 1. The van der Waals surface area contributed by atoms with Gasteiger partial charge in [-0.25, -0.2) is 0 Å². The number of nitrogens with one attached hydrogen (secondary N) is 3. The van der Waals surface area contributed by atoms with Crippen LogP contribution >= 0.6 is 0 Å². The number of nitrogens with zero attached hydrogens (tertiary/aromatic N) is 2. The SMILES string of the molecule is O=C(CN1CCNCC1)Nc1ccc2[nH]ncc2c1. The zero-order chi connectivity index (χ0) is 13.1. The van der Waals surface area contributed by atoms with Crippen LogP contribution in [0.5, 0.6) is 0 Å². The predicted octanol–water partition coefficient (Wildman–Crippen LogP) is 0.407. The standard InChI is InChI=1S/C13H17N5O/c19-13(9-18-5-3-14-4-6-18)16-11-1-2-12-10(7-11)8-15-17-12/h1-2,7-8,14H,3-6,9H2,(H,15,17)(H,16,19). The normalized spacial score (nSPS) is 16.6. The van der Waals surface area contributed by atoms with Crippen molar-refractivity contribution in [2.45, 2.75) is 0 Å². The highest BCUT2D eigenvalue weighted by Gasteiger charge is 2.13. The minimum atomic E-state index is 0.0322. The molecule has 1 aliphatic heterocycles. The number of fused-ring (bicyclic) bond motifs is 1. The summed E-state index contributed by atoms with van der Waals surface area (Å²) in [6.07, 6.45) is 1.75. The average Bonchev–Trinajstić information content (AvgIpc) is 2.87. The van der Waals surface area contributed by atoms with E-state index in [1.165, 1.54) is 0 Å². The molecule has 0 bridgehead atoms. The molecule has 6 nitrogen and oxygen atoms in total. The predicted molar refractivity (Wildman–Crippen MR) is 74.0 cm³/mol. The molecule has 1 amide bonds. The number of anilines is 1. The topological polar surface area (TPSA) is 73.1 Å². The van der Waals surface area contributed by atoms with E-state index in [0.717, 1.165) is 42.8 Å². The number of carbonyl (C=O) groups excluding carboxylic acids is 1. The summed E-state index contributed by atoms with van der Waals surface area (Å²) < 4.78 is 0. The number of benzene rings is 1. The van der Waals surface area contributed by atoms with E-state index in [0.29, 0.717) is 6.54 Å². The van der Waals surface area contributed by atoms with Gasteiger partial charge < -0.3 is 10.6 Å². The van der Waals surface area contributed by atoms with Gasteiger partial charge in [-0.3, -0.25) is 14.8 Å². The van der Waals surface area contributed by atoms with Crippen molar-refractivity contribution in [3.8, 4) is 0 Å². The zero-order valence-electron chi connectivity index (χ0n) is 10.6. The summed E-state index contributed by atoms with van der Waals surface area (Å²) in [6.45, 7) is 4.20. The zero-order valence-corrected chi connectivity index (χ0v) is 10.6. The number of hydrogen-bond acceptors (Lipinski definition) is 4. The van der Waals surface area contributed by atoms with Crippen molar-refractivity contribution in [2.24, 2.45) is 0 Å². The fraction of sp³-hybridized carbons (Fsp3) is 0.385. The molecule has 2 aromatic rings. The highest BCUT2D eigenvalue weighted by atomic mass is 16.2.